The van der Waals surface area contributed by atoms with Gasteiger partial charge in [0.15, 0.2) is 11.5 Å². The molecule has 0 aliphatic heterocycles. The van der Waals surface area contributed by atoms with Crippen molar-refractivity contribution in [2.75, 3.05) is 7.04 Å². The number of H-pyrrole nitrogens is 1. The van der Waals surface area contributed by atoms with E-state index in [1.54, 1.807) is 0 Å². The molecular formula is C11H10N2O4. The third-order valence-corrected chi connectivity index (χ3v) is 2.07. The summed E-state index contributed by atoms with van der Waals surface area (Å²) < 4.78 is 30.9. The van der Waals surface area contributed by atoms with Gasteiger partial charge in [-0.3, -0.25) is 9.59 Å². The number of carbonyl (C=O) groups excluding carboxylic acids is 1. The first-order valence-electron chi connectivity index (χ1n) is 6.15. The van der Waals surface area contributed by atoms with E-state index in [0.717, 1.165) is 6.92 Å². The van der Waals surface area contributed by atoms with Crippen LogP contribution in [0.5, 0.6) is 11.5 Å². The number of hydrogen-bond acceptors (Lipinski definition) is 5. The van der Waals surface area contributed by atoms with Crippen LogP contribution >= 0.6 is 0 Å². The van der Waals surface area contributed by atoms with Gasteiger partial charge in [0.2, 0.25) is 0 Å². The van der Waals surface area contributed by atoms with Crippen LogP contribution in [0.25, 0.3) is 10.9 Å². The minimum absolute atomic E-state index is 0.153. The summed E-state index contributed by atoms with van der Waals surface area (Å²) in [6, 6.07) is 2.44. The van der Waals surface area contributed by atoms with Gasteiger partial charge in [0, 0.05) is 13.0 Å². The number of nitrogens with one attached hydrogen (secondary N) is 1. The molecule has 17 heavy (non-hydrogen) atoms. The zero-order valence-electron chi connectivity index (χ0n) is 11.8. The van der Waals surface area contributed by atoms with Crippen LogP contribution < -0.4 is 15.0 Å². The molecule has 0 aliphatic carbocycles. The van der Waals surface area contributed by atoms with E-state index in [1.807, 2.05) is 0 Å². The van der Waals surface area contributed by atoms with Gasteiger partial charge >= 0.3 is 5.97 Å². The highest BCUT2D eigenvalue weighted by Crippen LogP contribution is 2.30. The summed E-state index contributed by atoms with van der Waals surface area (Å²) in [7, 11) is -2.72. The maximum Gasteiger partial charge on any atom is 0.308 e. The maximum atomic E-state index is 11.6. The molecular weight excluding hydrogens is 224 g/mol. The number of nitrogens with zero attached hydrogens (tertiary/aromatic N) is 1. The average Bonchev–Trinajstić information content (AvgIpc) is 2.28. The Hall–Kier alpha value is -2.37. The van der Waals surface area contributed by atoms with E-state index >= 15 is 0 Å². The van der Waals surface area contributed by atoms with E-state index in [0.29, 0.717) is 0 Å². The molecule has 0 atom stereocenters. The Balaban J connectivity index is 2.63. The first-order valence-corrected chi connectivity index (χ1v) is 4.65. The molecule has 0 aliphatic rings. The SMILES string of the molecule is [2H]C([2H])([2H])Oc1cc2nc[nH]c(=O)c2cc1OC(C)=O. The summed E-state index contributed by atoms with van der Waals surface area (Å²) in [4.78, 5) is 28.9. The summed E-state index contributed by atoms with van der Waals surface area (Å²) in [6.07, 6.45) is 1.18. The van der Waals surface area contributed by atoms with Crippen LogP contribution in [0.3, 0.4) is 0 Å². The van der Waals surface area contributed by atoms with Crippen molar-refractivity contribution in [2.24, 2.45) is 0 Å². The van der Waals surface area contributed by atoms with Crippen LogP contribution in [-0.2, 0) is 4.79 Å². The Labute approximate surface area is 100 Å². The standard InChI is InChI=1S/C11H10N2O4/c1-6(14)17-10-3-7-8(4-9(10)16-2)12-5-13-11(7)15/h3-5H,1-2H3,(H,12,13,15)/i2D3. The number of fused-ring (bicyclic) bond motifs is 1. The number of hydrogen-bond donors (Lipinski definition) is 1. The number of methoxy groups -OCH3 is 1. The van der Waals surface area contributed by atoms with Crippen molar-refractivity contribution in [3.8, 4) is 11.5 Å². The smallest absolute Gasteiger partial charge is 0.308 e. The van der Waals surface area contributed by atoms with Crippen molar-refractivity contribution in [1.29, 1.82) is 0 Å². The van der Waals surface area contributed by atoms with Gasteiger partial charge in [-0.25, -0.2) is 4.98 Å². The summed E-state index contributed by atoms with van der Waals surface area (Å²) >= 11 is 0. The largest absolute Gasteiger partial charge is 0.493 e. The second-order valence-electron chi connectivity index (χ2n) is 3.24. The Bertz CT molecular complexity index is 724. The van der Waals surface area contributed by atoms with Crippen molar-refractivity contribution in [2.45, 2.75) is 6.92 Å². The molecule has 1 aromatic carbocycles. The maximum absolute atomic E-state index is 11.6. The van der Waals surface area contributed by atoms with Crippen LogP contribution in [0.15, 0.2) is 23.3 Å². The molecule has 0 saturated carbocycles. The second-order valence-corrected chi connectivity index (χ2v) is 3.24. The van der Waals surface area contributed by atoms with E-state index in [4.69, 9.17) is 13.6 Å². The van der Waals surface area contributed by atoms with Crippen molar-refractivity contribution in [3.05, 3.63) is 28.8 Å². The molecule has 6 heteroatoms. The van der Waals surface area contributed by atoms with E-state index in [1.165, 1.54) is 18.5 Å². The van der Waals surface area contributed by atoms with E-state index < -0.39 is 18.6 Å². The lowest BCUT2D eigenvalue weighted by Crippen LogP contribution is -2.08. The van der Waals surface area contributed by atoms with Crippen LogP contribution in [0.2, 0.25) is 0 Å². The minimum Gasteiger partial charge on any atom is -0.493 e. The highest BCUT2D eigenvalue weighted by molar-refractivity contribution is 5.83. The molecule has 1 heterocycles. The number of ether oxygens (including phenoxy) is 2. The summed E-state index contributed by atoms with van der Waals surface area (Å²) in [5.41, 5.74) is -0.215. The molecule has 2 rings (SSSR count). The summed E-state index contributed by atoms with van der Waals surface area (Å²) in [6.45, 7) is 1.15. The minimum atomic E-state index is -2.72. The number of rotatable bonds is 2. The fourth-order valence-corrected chi connectivity index (χ4v) is 1.39. The third-order valence-electron chi connectivity index (χ3n) is 2.07. The molecule has 0 bridgehead atoms. The molecule has 1 N–H and O–H groups in total. The van der Waals surface area contributed by atoms with Gasteiger partial charge in [0.05, 0.1) is 28.4 Å². The molecule has 1 aromatic heterocycles. The van der Waals surface area contributed by atoms with Gasteiger partial charge in [-0.1, -0.05) is 0 Å². The zero-order valence-corrected chi connectivity index (χ0v) is 8.81. The van der Waals surface area contributed by atoms with Crippen LogP contribution in [0.4, 0.5) is 0 Å². The average molecular weight is 237 g/mol. The predicted octanol–water partition coefficient (Wildman–Crippen LogP) is 0.857. The lowest BCUT2D eigenvalue weighted by molar-refractivity contribution is -0.131. The van der Waals surface area contributed by atoms with Crippen LogP contribution in [0.1, 0.15) is 11.0 Å². The second kappa shape index (κ2) is 4.25. The number of aromatic amines is 1. The predicted molar refractivity (Wildman–Crippen MR) is 60.2 cm³/mol. The molecule has 6 nitrogen and oxygen atoms in total. The third kappa shape index (κ3) is 2.10. The highest BCUT2D eigenvalue weighted by Gasteiger charge is 2.11. The molecule has 88 valence electrons. The van der Waals surface area contributed by atoms with Gasteiger partial charge in [0.25, 0.3) is 5.56 Å². The Kier molecular flexibility index (Phi) is 1.96. The molecule has 0 radical (unpaired) electrons. The van der Waals surface area contributed by atoms with Gasteiger partial charge in [-0.05, 0) is 6.07 Å². The molecule has 0 fully saturated rings. The number of carbonyl (C=O) groups is 1. The number of esters is 1. The van der Waals surface area contributed by atoms with Crippen molar-refractivity contribution in [1.82, 2.24) is 9.97 Å². The fourth-order valence-electron chi connectivity index (χ4n) is 1.39. The summed E-state index contributed by atoms with van der Waals surface area (Å²) in [5, 5.41) is 0.154. The lowest BCUT2D eigenvalue weighted by Gasteiger charge is -2.08. The Morgan fingerprint density at radius 2 is 2.29 bits per heavy atom. The van der Waals surface area contributed by atoms with Gasteiger partial charge in [-0.15, -0.1) is 0 Å². The first-order chi connectivity index (χ1) is 9.26. The van der Waals surface area contributed by atoms with Crippen molar-refractivity contribution >= 4 is 16.9 Å². The molecule has 0 amide bonds. The van der Waals surface area contributed by atoms with E-state index in [9.17, 15) is 9.59 Å². The van der Waals surface area contributed by atoms with Crippen LogP contribution in [-0.4, -0.2) is 23.0 Å². The molecule has 0 unspecified atom stereocenters. The van der Waals surface area contributed by atoms with Crippen LogP contribution in [0, 0.1) is 0 Å². The fraction of sp³-hybridized carbons (Fsp3) is 0.182. The normalized spacial score (nSPS) is 13.6. The molecule has 0 spiro atoms. The molecule has 2 aromatic rings. The van der Waals surface area contributed by atoms with Crippen molar-refractivity contribution < 1.29 is 18.4 Å². The number of aromatic nitrogens is 2. The first kappa shape index (κ1) is 7.83. The zero-order chi connectivity index (χ0) is 14.9. The van der Waals surface area contributed by atoms with Gasteiger partial charge in [0.1, 0.15) is 0 Å². The Morgan fingerprint density at radius 3 is 3.00 bits per heavy atom. The van der Waals surface area contributed by atoms with E-state index in [-0.39, 0.29) is 22.4 Å². The highest BCUT2D eigenvalue weighted by atomic mass is 16.6. The Morgan fingerprint density at radius 1 is 1.47 bits per heavy atom. The number of benzene rings is 1. The topological polar surface area (TPSA) is 81.3 Å². The van der Waals surface area contributed by atoms with Gasteiger partial charge in [-0.2, -0.15) is 0 Å². The quantitative estimate of drug-likeness (QED) is 0.618. The van der Waals surface area contributed by atoms with Crippen molar-refractivity contribution in [3.63, 3.8) is 0 Å². The van der Waals surface area contributed by atoms with E-state index in [2.05, 4.69) is 9.97 Å². The monoisotopic (exact) mass is 237 g/mol. The molecule has 0 saturated heterocycles. The lowest BCUT2D eigenvalue weighted by atomic mass is 10.2. The summed E-state index contributed by atoms with van der Waals surface area (Å²) in [5.74, 6) is -1.01. The van der Waals surface area contributed by atoms with Gasteiger partial charge < -0.3 is 14.5 Å².